The van der Waals surface area contributed by atoms with Crippen molar-refractivity contribution < 1.29 is 28.6 Å². The maximum atomic E-state index is 12.8. The van der Waals surface area contributed by atoms with Crippen molar-refractivity contribution in [3.8, 4) is 0 Å². The number of esters is 3. The fourth-order valence-corrected chi connectivity index (χ4v) is 8.08. The van der Waals surface area contributed by atoms with Crippen LogP contribution in [0.25, 0.3) is 0 Å². The first-order valence-corrected chi connectivity index (χ1v) is 26.6. The molecule has 0 aromatic carbocycles. The molecule has 0 bridgehead atoms. The minimum absolute atomic E-state index is 0.0647. The van der Waals surface area contributed by atoms with Crippen molar-refractivity contribution in [1.29, 1.82) is 0 Å². The van der Waals surface area contributed by atoms with Crippen LogP contribution in [0.3, 0.4) is 0 Å². The van der Waals surface area contributed by atoms with Gasteiger partial charge < -0.3 is 14.2 Å². The van der Waals surface area contributed by atoms with E-state index in [1.807, 2.05) is 0 Å². The zero-order valence-electron chi connectivity index (χ0n) is 41.3. The quantitative estimate of drug-likeness (QED) is 0.0345. The van der Waals surface area contributed by atoms with E-state index < -0.39 is 6.10 Å². The predicted octanol–water partition coefficient (Wildman–Crippen LogP) is 17.2. The van der Waals surface area contributed by atoms with E-state index in [0.29, 0.717) is 19.3 Å². The van der Waals surface area contributed by atoms with Gasteiger partial charge in [-0.15, -0.1) is 0 Å². The van der Waals surface area contributed by atoms with Gasteiger partial charge in [0.2, 0.25) is 0 Å². The number of carbonyl (C=O) groups excluding carboxylic acids is 3. The van der Waals surface area contributed by atoms with Gasteiger partial charge in [0.15, 0.2) is 6.10 Å². The highest BCUT2D eigenvalue weighted by molar-refractivity contribution is 5.71. The Morgan fingerprint density at radius 1 is 0.333 bits per heavy atom. The Morgan fingerprint density at radius 3 is 0.867 bits per heavy atom. The molecule has 356 valence electrons. The van der Waals surface area contributed by atoms with Crippen LogP contribution in [0.1, 0.15) is 292 Å². The van der Waals surface area contributed by atoms with Gasteiger partial charge in [-0.2, -0.15) is 0 Å². The van der Waals surface area contributed by atoms with Crippen LogP contribution in [0.4, 0.5) is 0 Å². The summed E-state index contributed by atoms with van der Waals surface area (Å²) in [4.78, 5) is 38.0. The van der Waals surface area contributed by atoms with Crippen LogP contribution in [0.5, 0.6) is 0 Å². The standard InChI is InChI=1S/C54H104O6/c1-7-50(6)42-36-30-24-18-13-14-20-26-32-38-44-53(56)59-47-51(60-54(57)45-39-33-27-21-15-17-23-29-35-41-49(4)5)46-58-52(55)43-37-31-25-19-12-10-8-9-11-16-22-28-34-40-48(2)3/h48-51H,7-47H2,1-6H3/t50?,51-/m1/s1. The lowest BCUT2D eigenvalue weighted by Gasteiger charge is -2.18. The summed E-state index contributed by atoms with van der Waals surface area (Å²) in [5.41, 5.74) is 0. The van der Waals surface area contributed by atoms with E-state index in [-0.39, 0.29) is 31.1 Å². The van der Waals surface area contributed by atoms with Crippen molar-refractivity contribution in [1.82, 2.24) is 0 Å². The Bertz CT molecular complexity index is 931. The molecule has 0 heterocycles. The maximum absolute atomic E-state index is 12.8. The number of ether oxygens (including phenoxy) is 3. The third-order valence-corrected chi connectivity index (χ3v) is 12.5. The zero-order chi connectivity index (χ0) is 44.2. The van der Waals surface area contributed by atoms with Crippen LogP contribution in [-0.4, -0.2) is 37.2 Å². The van der Waals surface area contributed by atoms with Crippen LogP contribution >= 0.6 is 0 Å². The molecular formula is C54H104O6. The van der Waals surface area contributed by atoms with Crippen LogP contribution in [-0.2, 0) is 28.6 Å². The average molecular weight is 849 g/mol. The van der Waals surface area contributed by atoms with E-state index in [9.17, 15) is 14.4 Å². The SMILES string of the molecule is CCC(C)CCCCCCCCCCCCC(=O)OC[C@@H](COC(=O)CCCCCCCCCCCCCCCC(C)C)OC(=O)CCCCCCCCCCCC(C)C. The molecule has 6 nitrogen and oxygen atoms in total. The number of unbranched alkanes of at least 4 members (excludes halogenated alkanes) is 29. The van der Waals surface area contributed by atoms with Crippen LogP contribution in [0, 0.1) is 17.8 Å². The molecule has 0 N–H and O–H groups in total. The summed E-state index contributed by atoms with van der Waals surface area (Å²) in [6.45, 7) is 13.7. The zero-order valence-corrected chi connectivity index (χ0v) is 41.3. The number of hydrogen-bond acceptors (Lipinski definition) is 6. The van der Waals surface area contributed by atoms with Crippen molar-refractivity contribution in [2.45, 2.75) is 298 Å². The predicted molar refractivity (Wildman–Crippen MR) is 256 cm³/mol. The molecule has 0 amide bonds. The summed E-state index contributed by atoms with van der Waals surface area (Å²) < 4.78 is 16.8. The highest BCUT2D eigenvalue weighted by Gasteiger charge is 2.19. The van der Waals surface area contributed by atoms with Gasteiger partial charge >= 0.3 is 17.9 Å². The molecule has 0 aromatic heterocycles. The Balaban J connectivity index is 4.31. The Morgan fingerprint density at radius 2 is 0.583 bits per heavy atom. The molecule has 0 rings (SSSR count). The van der Waals surface area contributed by atoms with E-state index in [4.69, 9.17) is 14.2 Å². The van der Waals surface area contributed by atoms with E-state index >= 15 is 0 Å². The lowest BCUT2D eigenvalue weighted by molar-refractivity contribution is -0.167. The lowest BCUT2D eigenvalue weighted by Crippen LogP contribution is -2.30. The van der Waals surface area contributed by atoms with Crippen molar-refractivity contribution in [3.05, 3.63) is 0 Å². The molecule has 6 heteroatoms. The van der Waals surface area contributed by atoms with Crippen LogP contribution in [0.2, 0.25) is 0 Å². The smallest absolute Gasteiger partial charge is 0.306 e. The van der Waals surface area contributed by atoms with Gasteiger partial charge in [0.1, 0.15) is 13.2 Å². The molecule has 2 atom stereocenters. The molecule has 0 aliphatic carbocycles. The second-order valence-corrected chi connectivity index (χ2v) is 19.7. The maximum Gasteiger partial charge on any atom is 0.306 e. The highest BCUT2D eigenvalue weighted by Crippen LogP contribution is 2.18. The van der Waals surface area contributed by atoms with Gasteiger partial charge in [0.05, 0.1) is 0 Å². The summed E-state index contributed by atoms with van der Waals surface area (Å²) in [5, 5.41) is 0. The van der Waals surface area contributed by atoms with Crippen molar-refractivity contribution >= 4 is 17.9 Å². The fraction of sp³-hybridized carbons (Fsp3) is 0.944. The summed E-state index contributed by atoms with van der Waals surface area (Å²) in [5.74, 6) is 1.66. The molecular weight excluding hydrogens is 745 g/mol. The largest absolute Gasteiger partial charge is 0.462 e. The first-order valence-electron chi connectivity index (χ1n) is 26.6. The topological polar surface area (TPSA) is 78.9 Å². The minimum Gasteiger partial charge on any atom is -0.462 e. The molecule has 1 unspecified atom stereocenters. The third-order valence-electron chi connectivity index (χ3n) is 12.5. The Kier molecular flexibility index (Phi) is 44.2. The highest BCUT2D eigenvalue weighted by atomic mass is 16.6. The van der Waals surface area contributed by atoms with Gasteiger partial charge in [0, 0.05) is 19.3 Å². The summed E-state index contributed by atoms with van der Waals surface area (Å²) in [6, 6.07) is 0. The van der Waals surface area contributed by atoms with Crippen molar-refractivity contribution in [2.24, 2.45) is 17.8 Å². The van der Waals surface area contributed by atoms with Crippen LogP contribution < -0.4 is 0 Å². The van der Waals surface area contributed by atoms with Crippen LogP contribution in [0.15, 0.2) is 0 Å². The van der Waals surface area contributed by atoms with E-state index in [2.05, 4.69) is 41.5 Å². The third kappa shape index (κ3) is 45.9. The molecule has 0 aliphatic rings. The molecule has 0 aliphatic heterocycles. The molecule has 0 aromatic rings. The number of carbonyl (C=O) groups is 3. The van der Waals surface area contributed by atoms with Gasteiger partial charge in [-0.1, -0.05) is 253 Å². The van der Waals surface area contributed by atoms with E-state index in [1.165, 1.54) is 173 Å². The van der Waals surface area contributed by atoms with E-state index in [1.54, 1.807) is 0 Å². The van der Waals surface area contributed by atoms with Gasteiger partial charge in [0.25, 0.3) is 0 Å². The lowest BCUT2D eigenvalue weighted by atomic mass is 9.99. The summed E-state index contributed by atoms with van der Waals surface area (Å²) in [6.07, 6.45) is 45.1. The molecule has 0 saturated carbocycles. The average Bonchev–Trinajstić information content (AvgIpc) is 3.22. The first kappa shape index (κ1) is 58.4. The fourth-order valence-electron chi connectivity index (χ4n) is 8.08. The van der Waals surface area contributed by atoms with Crippen molar-refractivity contribution in [3.63, 3.8) is 0 Å². The first-order chi connectivity index (χ1) is 29.1. The normalized spacial score (nSPS) is 12.6. The number of hydrogen-bond donors (Lipinski definition) is 0. The second-order valence-electron chi connectivity index (χ2n) is 19.7. The molecule has 60 heavy (non-hydrogen) atoms. The summed E-state index contributed by atoms with van der Waals surface area (Å²) >= 11 is 0. The monoisotopic (exact) mass is 849 g/mol. The van der Waals surface area contributed by atoms with E-state index in [0.717, 1.165) is 75.5 Å². The Hall–Kier alpha value is -1.59. The number of rotatable bonds is 47. The molecule has 0 fully saturated rings. The molecule has 0 spiro atoms. The van der Waals surface area contributed by atoms with Gasteiger partial charge in [-0.25, -0.2) is 0 Å². The molecule has 0 saturated heterocycles. The summed E-state index contributed by atoms with van der Waals surface area (Å²) in [7, 11) is 0. The molecule has 0 radical (unpaired) electrons. The van der Waals surface area contributed by atoms with Gasteiger partial charge in [-0.3, -0.25) is 14.4 Å². The van der Waals surface area contributed by atoms with Crippen molar-refractivity contribution in [2.75, 3.05) is 13.2 Å². The second kappa shape index (κ2) is 45.4. The van der Waals surface area contributed by atoms with Gasteiger partial charge in [-0.05, 0) is 37.0 Å². The minimum atomic E-state index is -0.763. The Labute approximate surface area is 374 Å².